The Balaban J connectivity index is 1.57. The van der Waals surface area contributed by atoms with Gasteiger partial charge in [-0.3, -0.25) is 19.8 Å². The van der Waals surface area contributed by atoms with E-state index in [4.69, 9.17) is 9.47 Å². The average Bonchev–Trinajstić information content (AvgIpc) is 2.87. The lowest BCUT2D eigenvalue weighted by atomic mass is 9.67. The third kappa shape index (κ3) is 3.38. The van der Waals surface area contributed by atoms with E-state index in [1.807, 2.05) is 48.5 Å². The number of hydrogen-bond acceptors (Lipinski definition) is 7. The zero-order valence-electron chi connectivity index (χ0n) is 19.3. The quantitative estimate of drug-likeness (QED) is 0.673. The third-order valence-electron chi connectivity index (χ3n) is 7.17. The number of ether oxygens (including phenoxy) is 2. The third-order valence-corrected chi connectivity index (χ3v) is 7.17. The van der Waals surface area contributed by atoms with Gasteiger partial charge >= 0.3 is 6.03 Å². The second-order valence-electron chi connectivity index (χ2n) is 8.84. The number of para-hydroxylation sites is 1. The standard InChI is InChI=1S/C25H28N4O5/c1-33-14-13-29-23(31)25(22(30)26-24(29)32)15-17-5-3-4-6-20(17)28-12-11-27(16-21(25)28)18-7-9-19(34-2)10-8-18/h3-10,21H,11-16H2,1-2H3,(H,26,30,32)/t21-,25+/m0/s1. The van der Waals surface area contributed by atoms with Crippen LogP contribution in [0, 0.1) is 5.41 Å². The number of rotatable bonds is 5. The van der Waals surface area contributed by atoms with Crippen LogP contribution in [0.2, 0.25) is 0 Å². The normalized spacial score (nSPS) is 24.1. The van der Waals surface area contributed by atoms with Gasteiger partial charge in [0, 0.05) is 38.1 Å². The molecule has 9 heteroatoms. The van der Waals surface area contributed by atoms with Crippen LogP contribution in [0.15, 0.2) is 48.5 Å². The predicted molar refractivity (Wildman–Crippen MR) is 126 cm³/mol. The maximum absolute atomic E-state index is 13.9. The minimum atomic E-state index is -1.42. The maximum Gasteiger partial charge on any atom is 0.330 e. The SMILES string of the molecule is COCCN1C(=O)NC(=O)[C@]2(Cc3ccccc3N3CCN(c4ccc(OC)cc4)C[C@H]32)C1=O. The van der Waals surface area contributed by atoms with E-state index in [2.05, 4.69) is 15.1 Å². The molecule has 2 aromatic rings. The van der Waals surface area contributed by atoms with Crippen molar-refractivity contribution in [1.82, 2.24) is 10.2 Å². The van der Waals surface area contributed by atoms with Crippen LogP contribution in [0.1, 0.15) is 5.56 Å². The number of anilines is 2. The summed E-state index contributed by atoms with van der Waals surface area (Å²) in [4.78, 5) is 45.5. The Bertz CT molecular complexity index is 1120. The zero-order valence-corrected chi connectivity index (χ0v) is 19.3. The van der Waals surface area contributed by atoms with Gasteiger partial charge in [-0.15, -0.1) is 0 Å². The molecular weight excluding hydrogens is 436 g/mol. The Morgan fingerprint density at radius 3 is 2.53 bits per heavy atom. The fourth-order valence-corrected chi connectivity index (χ4v) is 5.42. The summed E-state index contributed by atoms with van der Waals surface area (Å²) >= 11 is 0. The number of benzene rings is 2. The fraction of sp³-hybridized carbons (Fsp3) is 0.400. The molecule has 34 heavy (non-hydrogen) atoms. The lowest BCUT2D eigenvalue weighted by Gasteiger charge is -2.55. The van der Waals surface area contributed by atoms with Gasteiger partial charge in [-0.05, 0) is 42.3 Å². The van der Waals surface area contributed by atoms with E-state index in [0.717, 1.165) is 34.1 Å². The lowest BCUT2D eigenvalue weighted by Crippen LogP contribution is -2.75. The molecule has 2 atom stereocenters. The second-order valence-corrected chi connectivity index (χ2v) is 8.84. The van der Waals surface area contributed by atoms with Gasteiger partial charge < -0.3 is 19.3 Å². The zero-order chi connectivity index (χ0) is 23.9. The summed E-state index contributed by atoms with van der Waals surface area (Å²) in [7, 11) is 3.14. The maximum atomic E-state index is 13.9. The molecule has 0 bridgehead atoms. The Kier molecular flexibility index (Phi) is 5.65. The molecule has 0 radical (unpaired) electrons. The van der Waals surface area contributed by atoms with Gasteiger partial charge in [0.25, 0.3) is 0 Å². The molecule has 0 unspecified atom stereocenters. The molecule has 0 aliphatic carbocycles. The Morgan fingerprint density at radius 1 is 1.03 bits per heavy atom. The molecule has 5 rings (SSSR count). The van der Waals surface area contributed by atoms with Crippen LogP contribution < -0.4 is 19.9 Å². The van der Waals surface area contributed by atoms with E-state index in [9.17, 15) is 14.4 Å². The summed E-state index contributed by atoms with van der Waals surface area (Å²) in [6.45, 7) is 2.13. The van der Waals surface area contributed by atoms with Crippen molar-refractivity contribution >= 4 is 29.2 Å². The van der Waals surface area contributed by atoms with E-state index < -0.39 is 29.3 Å². The fourth-order valence-electron chi connectivity index (χ4n) is 5.42. The molecule has 0 saturated carbocycles. The molecule has 0 aromatic heterocycles. The number of nitrogens with zero attached hydrogens (tertiary/aromatic N) is 3. The summed E-state index contributed by atoms with van der Waals surface area (Å²) < 4.78 is 10.4. The molecule has 9 nitrogen and oxygen atoms in total. The highest BCUT2D eigenvalue weighted by molar-refractivity contribution is 6.20. The Labute approximate surface area is 198 Å². The molecule has 2 fully saturated rings. The minimum Gasteiger partial charge on any atom is -0.497 e. The van der Waals surface area contributed by atoms with Gasteiger partial charge in [0.05, 0.1) is 26.3 Å². The van der Waals surface area contributed by atoms with Gasteiger partial charge in [0.2, 0.25) is 11.8 Å². The van der Waals surface area contributed by atoms with Crippen molar-refractivity contribution in [3.63, 3.8) is 0 Å². The van der Waals surface area contributed by atoms with Crippen LogP contribution in [0.5, 0.6) is 5.75 Å². The number of fused-ring (bicyclic) bond motifs is 4. The number of methoxy groups -OCH3 is 2. The molecule has 3 aliphatic rings. The van der Waals surface area contributed by atoms with Crippen molar-refractivity contribution in [2.24, 2.45) is 5.41 Å². The van der Waals surface area contributed by atoms with Crippen LogP contribution in [0.4, 0.5) is 16.2 Å². The van der Waals surface area contributed by atoms with Crippen LogP contribution in [-0.4, -0.2) is 75.8 Å². The average molecular weight is 465 g/mol. The molecule has 178 valence electrons. The number of carbonyl (C=O) groups excluding carboxylic acids is 3. The molecule has 1 N–H and O–H groups in total. The van der Waals surface area contributed by atoms with Crippen molar-refractivity contribution in [1.29, 1.82) is 0 Å². The van der Waals surface area contributed by atoms with Crippen molar-refractivity contribution in [3.05, 3.63) is 54.1 Å². The smallest absolute Gasteiger partial charge is 0.330 e. The van der Waals surface area contributed by atoms with Gasteiger partial charge in [0.1, 0.15) is 5.75 Å². The highest BCUT2D eigenvalue weighted by Gasteiger charge is 2.62. The van der Waals surface area contributed by atoms with Crippen LogP contribution >= 0.6 is 0 Å². The van der Waals surface area contributed by atoms with Crippen molar-refractivity contribution in [2.75, 3.05) is 56.8 Å². The predicted octanol–water partition coefficient (Wildman–Crippen LogP) is 1.66. The van der Waals surface area contributed by atoms with Crippen LogP contribution in [0.3, 0.4) is 0 Å². The number of carbonyl (C=O) groups is 3. The van der Waals surface area contributed by atoms with Crippen molar-refractivity contribution < 1.29 is 23.9 Å². The highest BCUT2D eigenvalue weighted by atomic mass is 16.5. The number of piperazine rings is 1. The topological polar surface area (TPSA) is 91.4 Å². The van der Waals surface area contributed by atoms with Crippen LogP contribution in [0.25, 0.3) is 0 Å². The monoisotopic (exact) mass is 464 g/mol. The van der Waals surface area contributed by atoms with Gasteiger partial charge in [-0.1, -0.05) is 18.2 Å². The molecule has 3 heterocycles. The largest absolute Gasteiger partial charge is 0.497 e. The molecule has 2 aromatic carbocycles. The number of imide groups is 2. The first kappa shape index (κ1) is 22.2. The van der Waals surface area contributed by atoms with E-state index in [1.54, 1.807) is 7.11 Å². The van der Waals surface area contributed by atoms with Crippen molar-refractivity contribution in [2.45, 2.75) is 12.5 Å². The molecular formula is C25H28N4O5. The lowest BCUT2D eigenvalue weighted by molar-refractivity contribution is -0.154. The first-order valence-electron chi connectivity index (χ1n) is 11.4. The number of amides is 4. The molecule has 3 aliphatic heterocycles. The Hall–Kier alpha value is -3.59. The Morgan fingerprint density at radius 2 is 1.79 bits per heavy atom. The molecule has 4 amide bonds. The van der Waals surface area contributed by atoms with Gasteiger partial charge in [-0.25, -0.2) is 4.79 Å². The summed E-state index contributed by atoms with van der Waals surface area (Å²) in [5.74, 6) is -0.226. The number of barbiturate groups is 1. The highest BCUT2D eigenvalue weighted by Crippen LogP contribution is 2.46. The number of urea groups is 1. The molecule has 2 saturated heterocycles. The minimum absolute atomic E-state index is 0.0900. The number of nitrogens with one attached hydrogen (secondary N) is 1. The summed E-state index contributed by atoms with van der Waals surface area (Å²) in [6.07, 6.45) is 0.238. The van der Waals surface area contributed by atoms with E-state index in [0.29, 0.717) is 13.1 Å². The van der Waals surface area contributed by atoms with Crippen LogP contribution in [-0.2, 0) is 20.7 Å². The number of hydrogen-bond donors (Lipinski definition) is 1. The second kappa shape index (κ2) is 8.64. The van der Waals surface area contributed by atoms with Crippen molar-refractivity contribution in [3.8, 4) is 5.75 Å². The molecule has 1 spiro atoms. The summed E-state index contributed by atoms with van der Waals surface area (Å²) in [5.41, 5.74) is 1.54. The summed E-state index contributed by atoms with van der Waals surface area (Å²) in [5, 5.41) is 2.47. The van der Waals surface area contributed by atoms with E-state index >= 15 is 0 Å². The first-order chi connectivity index (χ1) is 16.5. The van der Waals surface area contributed by atoms with Gasteiger partial charge in [0.15, 0.2) is 5.41 Å². The van der Waals surface area contributed by atoms with Gasteiger partial charge in [-0.2, -0.15) is 0 Å². The van der Waals surface area contributed by atoms with E-state index in [-0.39, 0.29) is 19.6 Å². The van der Waals surface area contributed by atoms with E-state index in [1.165, 1.54) is 7.11 Å². The first-order valence-corrected chi connectivity index (χ1v) is 11.4. The summed E-state index contributed by atoms with van der Waals surface area (Å²) in [6, 6.07) is 14.5.